The second-order valence-corrected chi connectivity index (χ2v) is 6.71. The largest absolute Gasteiger partial charge is 0.494 e. The Morgan fingerprint density at radius 2 is 1.56 bits per heavy atom. The third-order valence-corrected chi connectivity index (χ3v) is 4.68. The molecular weight excluding hydrogens is 416 g/mol. The maximum Gasteiger partial charge on any atom is 0.348 e. The summed E-state index contributed by atoms with van der Waals surface area (Å²) in [6, 6.07) is 20.1. The van der Waals surface area contributed by atoms with E-state index in [4.69, 9.17) is 9.47 Å². The lowest BCUT2D eigenvalue weighted by molar-refractivity contribution is -0.384. The Morgan fingerprint density at radius 3 is 2.06 bits per heavy atom. The molecular formula is C23H20N2O7. The van der Waals surface area contributed by atoms with Crippen molar-refractivity contribution in [2.75, 3.05) is 19.0 Å². The molecule has 3 aromatic carbocycles. The molecule has 0 bridgehead atoms. The van der Waals surface area contributed by atoms with Crippen molar-refractivity contribution in [3.8, 4) is 5.75 Å². The number of carbonyl (C=O) groups is 2. The molecule has 0 aliphatic heterocycles. The van der Waals surface area contributed by atoms with E-state index in [0.29, 0.717) is 0 Å². The van der Waals surface area contributed by atoms with Gasteiger partial charge in [0.1, 0.15) is 5.75 Å². The van der Waals surface area contributed by atoms with Crippen molar-refractivity contribution >= 4 is 23.3 Å². The van der Waals surface area contributed by atoms with Crippen molar-refractivity contribution in [2.45, 2.75) is 5.60 Å². The van der Waals surface area contributed by atoms with Crippen LogP contribution in [0.5, 0.6) is 5.75 Å². The zero-order chi connectivity index (χ0) is 23.1. The first-order chi connectivity index (χ1) is 15.4. The number of nitro groups is 1. The highest BCUT2D eigenvalue weighted by Gasteiger charge is 2.41. The maximum atomic E-state index is 12.9. The highest BCUT2D eigenvalue weighted by Crippen LogP contribution is 2.31. The van der Waals surface area contributed by atoms with Crippen LogP contribution in [0.25, 0.3) is 0 Å². The summed E-state index contributed by atoms with van der Waals surface area (Å²) in [6.07, 6.45) is 0. The molecule has 0 aliphatic carbocycles. The van der Waals surface area contributed by atoms with E-state index in [1.807, 2.05) is 0 Å². The fourth-order valence-electron chi connectivity index (χ4n) is 3.08. The van der Waals surface area contributed by atoms with Crippen molar-refractivity contribution in [1.82, 2.24) is 0 Å². The Bertz CT molecular complexity index is 1080. The van der Waals surface area contributed by atoms with E-state index in [9.17, 15) is 24.8 Å². The minimum Gasteiger partial charge on any atom is -0.494 e. The zero-order valence-electron chi connectivity index (χ0n) is 17.1. The van der Waals surface area contributed by atoms with Crippen LogP contribution in [0.15, 0.2) is 78.9 Å². The first kappa shape index (κ1) is 22.4. The number of hydrogen-bond acceptors (Lipinski definition) is 7. The zero-order valence-corrected chi connectivity index (χ0v) is 17.1. The van der Waals surface area contributed by atoms with E-state index in [1.54, 1.807) is 60.7 Å². The molecule has 0 aliphatic rings. The molecule has 0 unspecified atom stereocenters. The molecule has 0 saturated heterocycles. The molecule has 3 rings (SSSR count). The molecule has 32 heavy (non-hydrogen) atoms. The number of hydrogen-bond donors (Lipinski definition) is 2. The van der Waals surface area contributed by atoms with Crippen molar-refractivity contribution < 1.29 is 29.1 Å². The lowest BCUT2D eigenvalue weighted by Gasteiger charge is -2.27. The molecule has 0 aromatic heterocycles. The summed E-state index contributed by atoms with van der Waals surface area (Å²) in [6.45, 7) is -0.693. The van der Waals surface area contributed by atoms with Crippen LogP contribution >= 0.6 is 0 Å². The number of methoxy groups -OCH3 is 1. The number of non-ortho nitro benzene ring substituents is 1. The molecule has 0 spiro atoms. The lowest BCUT2D eigenvalue weighted by atomic mass is 9.86. The SMILES string of the molecule is COc1cc([N+](=O)[O-])ccc1NC(=O)COC(=O)C(O)(c1ccccc1)c1ccccc1. The van der Waals surface area contributed by atoms with E-state index < -0.39 is 29.0 Å². The van der Waals surface area contributed by atoms with E-state index in [2.05, 4.69) is 5.32 Å². The fourth-order valence-corrected chi connectivity index (χ4v) is 3.08. The van der Waals surface area contributed by atoms with Gasteiger partial charge in [0.05, 0.1) is 23.8 Å². The monoisotopic (exact) mass is 436 g/mol. The molecule has 9 nitrogen and oxygen atoms in total. The van der Waals surface area contributed by atoms with Gasteiger partial charge in [-0.1, -0.05) is 60.7 Å². The van der Waals surface area contributed by atoms with Crippen LogP contribution in [0, 0.1) is 10.1 Å². The van der Waals surface area contributed by atoms with E-state index in [0.717, 1.165) is 6.07 Å². The second-order valence-electron chi connectivity index (χ2n) is 6.71. The van der Waals surface area contributed by atoms with Gasteiger partial charge in [0.25, 0.3) is 11.6 Å². The average Bonchev–Trinajstić information content (AvgIpc) is 2.83. The van der Waals surface area contributed by atoms with E-state index >= 15 is 0 Å². The predicted molar refractivity (Wildman–Crippen MR) is 115 cm³/mol. The van der Waals surface area contributed by atoms with Crippen molar-refractivity contribution in [3.05, 3.63) is 100 Å². The minimum atomic E-state index is -2.12. The standard InChI is InChI=1S/C23H20N2O7/c1-31-20-14-18(25(29)30)12-13-19(20)24-21(26)15-32-22(27)23(28,16-8-4-2-5-9-16)17-10-6-3-7-11-17/h2-14,28H,15H2,1H3,(H,24,26). The molecule has 9 heteroatoms. The van der Waals surface area contributed by atoms with Gasteiger partial charge in [-0.2, -0.15) is 0 Å². The van der Waals surface area contributed by atoms with Crippen molar-refractivity contribution in [1.29, 1.82) is 0 Å². The number of esters is 1. The fraction of sp³-hybridized carbons (Fsp3) is 0.130. The Balaban J connectivity index is 1.76. The number of nitro benzene ring substituents is 1. The Morgan fingerprint density at radius 1 is 1.00 bits per heavy atom. The number of carbonyl (C=O) groups excluding carboxylic acids is 2. The summed E-state index contributed by atoms with van der Waals surface area (Å²) in [5.74, 6) is -1.67. The van der Waals surface area contributed by atoms with Gasteiger partial charge in [-0.25, -0.2) is 4.79 Å². The summed E-state index contributed by atoms with van der Waals surface area (Å²) in [4.78, 5) is 35.6. The van der Waals surface area contributed by atoms with Crippen molar-refractivity contribution in [2.24, 2.45) is 0 Å². The van der Waals surface area contributed by atoms with E-state index in [-0.39, 0.29) is 28.3 Å². The quantitative estimate of drug-likeness (QED) is 0.316. The maximum absolute atomic E-state index is 12.9. The summed E-state index contributed by atoms with van der Waals surface area (Å²) in [5, 5.41) is 24.7. The van der Waals surface area contributed by atoms with Crippen LogP contribution in [0.4, 0.5) is 11.4 Å². The smallest absolute Gasteiger partial charge is 0.348 e. The molecule has 0 fully saturated rings. The van der Waals surface area contributed by atoms with Crippen molar-refractivity contribution in [3.63, 3.8) is 0 Å². The normalized spacial score (nSPS) is 10.8. The summed E-state index contributed by atoms with van der Waals surface area (Å²) < 4.78 is 10.2. The molecule has 3 aromatic rings. The van der Waals surface area contributed by atoms with Crippen LogP contribution in [0.3, 0.4) is 0 Å². The first-order valence-corrected chi connectivity index (χ1v) is 9.49. The number of nitrogens with zero attached hydrogens (tertiary/aromatic N) is 1. The summed E-state index contributed by atoms with van der Waals surface area (Å²) in [7, 11) is 1.30. The van der Waals surface area contributed by atoms with Crippen LogP contribution in [0.2, 0.25) is 0 Å². The minimum absolute atomic E-state index is 0.0731. The number of anilines is 1. The molecule has 0 radical (unpaired) electrons. The van der Waals surface area contributed by atoms with Gasteiger partial charge in [-0.05, 0) is 17.2 Å². The van der Waals surface area contributed by atoms with Gasteiger partial charge >= 0.3 is 5.97 Å². The molecule has 0 heterocycles. The molecule has 164 valence electrons. The predicted octanol–water partition coefficient (Wildman–Crippen LogP) is 3.02. The van der Waals surface area contributed by atoms with E-state index in [1.165, 1.54) is 19.2 Å². The Labute approximate surface area is 183 Å². The number of nitrogens with one attached hydrogen (secondary N) is 1. The first-order valence-electron chi connectivity index (χ1n) is 9.49. The number of rotatable bonds is 8. The molecule has 0 atom stereocenters. The number of aliphatic hydroxyl groups is 1. The topological polar surface area (TPSA) is 128 Å². The van der Waals surface area contributed by atoms with Gasteiger partial charge in [-0.15, -0.1) is 0 Å². The summed E-state index contributed by atoms with van der Waals surface area (Å²) >= 11 is 0. The molecule has 0 saturated carbocycles. The number of amides is 1. The van der Waals surface area contributed by atoms with Gasteiger partial charge in [0.2, 0.25) is 5.60 Å². The van der Waals surface area contributed by atoms with Gasteiger partial charge in [-0.3, -0.25) is 14.9 Å². The number of benzene rings is 3. The third kappa shape index (κ3) is 4.73. The highest BCUT2D eigenvalue weighted by atomic mass is 16.6. The van der Waals surface area contributed by atoms with Gasteiger partial charge in [0.15, 0.2) is 6.61 Å². The highest BCUT2D eigenvalue weighted by molar-refractivity contribution is 5.95. The van der Waals surface area contributed by atoms with Gasteiger partial charge < -0.3 is 19.9 Å². The Hall–Kier alpha value is -4.24. The van der Waals surface area contributed by atoms with Crippen LogP contribution in [0.1, 0.15) is 11.1 Å². The van der Waals surface area contributed by atoms with Crippen LogP contribution in [-0.2, 0) is 19.9 Å². The third-order valence-electron chi connectivity index (χ3n) is 4.68. The average molecular weight is 436 g/mol. The molecule has 2 N–H and O–H groups in total. The van der Waals surface area contributed by atoms with Crippen LogP contribution < -0.4 is 10.1 Å². The van der Waals surface area contributed by atoms with Gasteiger partial charge in [0, 0.05) is 6.07 Å². The van der Waals surface area contributed by atoms with Crippen LogP contribution in [-0.4, -0.2) is 35.6 Å². The Kier molecular flexibility index (Phi) is 6.81. The summed E-state index contributed by atoms with van der Waals surface area (Å²) in [5.41, 5.74) is -1.58. The molecule has 1 amide bonds. The lowest BCUT2D eigenvalue weighted by Crippen LogP contribution is -2.39. The second kappa shape index (κ2) is 9.71. The number of ether oxygens (including phenoxy) is 2.